The van der Waals surface area contributed by atoms with E-state index in [-0.39, 0.29) is 0 Å². The van der Waals surface area contributed by atoms with Crippen LogP contribution in [0.1, 0.15) is 36.0 Å². The fraction of sp³-hybridized carbons (Fsp3) is 0.429. The maximum Gasteiger partial charge on any atom is 0.190 e. The lowest BCUT2D eigenvalue weighted by Crippen LogP contribution is -2.39. The minimum atomic E-state index is 0.478. The zero-order valence-corrected chi connectivity index (χ0v) is 16.2. The number of guanidine groups is 1. The highest BCUT2D eigenvalue weighted by Gasteiger charge is 2.06. The molecule has 0 bridgehead atoms. The summed E-state index contributed by atoms with van der Waals surface area (Å²) >= 11 is 0. The van der Waals surface area contributed by atoms with Gasteiger partial charge in [-0.05, 0) is 60.6 Å². The highest BCUT2D eigenvalue weighted by atomic mass is 16.5. The van der Waals surface area contributed by atoms with Gasteiger partial charge in [0.2, 0.25) is 0 Å². The molecule has 0 spiro atoms. The number of aromatic nitrogens is 1. The Balaban J connectivity index is 1.71. The zero-order chi connectivity index (χ0) is 18.8. The number of benzene rings is 1. The van der Waals surface area contributed by atoms with Crippen LogP contribution in [0.2, 0.25) is 0 Å². The fourth-order valence-corrected chi connectivity index (χ4v) is 2.83. The summed E-state index contributed by atoms with van der Waals surface area (Å²) in [5.74, 6) is 2.22. The molecule has 2 rings (SSSR count). The molecule has 2 N–H and O–H groups in total. The Labute approximate surface area is 156 Å². The summed E-state index contributed by atoms with van der Waals surface area (Å²) in [5.41, 5.74) is 3.87. The Morgan fingerprint density at radius 1 is 1.15 bits per heavy atom. The van der Waals surface area contributed by atoms with Crippen molar-refractivity contribution in [1.82, 2.24) is 15.6 Å². The molecule has 0 amide bonds. The zero-order valence-electron chi connectivity index (χ0n) is 16.2. The van der Waals surface area contributed by atoms with Crippen LogP contribution in [-0.4, -0.2) is 38.2 Å². The Kier molecular flexibility index (Phi) is 7.93. The van der Waals surface area contributed by atoms with Crippen LogP contribution in [0.15, 0.2) is 47.7 Å². The van der Waals surface area contributed by atoms with E-state index >= 15 is 0 Å². The van der Waals surface area contributed by atoms with Gasteiger partial charge in [-0.25, -0.2) is 0 Å². The van der Waals surface area contributed by atoms with Gasteiger partial charge in [0.25, 0.3) is 0 Å². The summed E-state index contributed by atoms with van der Waals surface area (Å²) in [7, 11) is 3.50. The molecule has 0 aliphatic rings. The first-order chi connectivity index (χ1) is 12.6. The van der Waals surface area contributed by atoms with E-state index in [4.69, 9.17) is 4.74 Å². The molecule has 0 fully saturated rings. The van der Waals surface area contributed by atoms with E-state index in [0.29, 0.717) is 5.92 Å². The summed E-state index contributed by atoms with van der Waals surface area (Å²) < 4.78 is 5.21. The van der Waals surface area contributed by atoms with Crippen molar-refractivity contribution in [3.05, 3.63) is 59.4 Å². The standard InChI is InChI=1S/C21H30N4O/c1-16(18-5-7-20(26-4)8-6-18)9-13-24-21(22-3)25-14-11-19-10-12-23-15-17(19)2/h5-8,10,12,15-16H,9,11,13-14H2,1-4H3,(H2,22,24,25). The number of nitrogens with one attached hydrogen (secondary N) is 2. The molecule has 0 radical (unpaired) electrons. The van der Waals surface area contributed by atoms with Crippen molar-refractivity contribution in [3.63, 3.8) is 0 Å². The lowest BCUT2D eigenvalue weighted by Gasteiger charge is -2.16. The molecule has 0 aliphatic carbocycles. The number of methoxy groups -OCH3 is 1. The molecule has 1 aromatic carbocycles. The molecule has 140 valence electrons. The van der Waals surface area contributed by atoms with Gasteiger partial charge in [0.15, 0.2) is 5.96 Å². The van der Waals surface area contributed by atoms with Crippen LogP contribution < -0.4 is 15.4 Å². The molecule has 0 saturated carbocycles. The first-order valence-corrected chi connectivity index (χ1v) is 9.12. The molecule has 26 heavy (non-hydrogen) atoms. The van der Waals surface area contributed by atoms with Crippen LogP contribution in [0, 0.1) is 6.92 Å². The van der Waals surface area contributed by atoms with Crippen molar-refractivity contribution >= 4 is 5.96 Å². The molecule has 0 saturated heterocycles. The third-order valence-electron chi connectivity index (χ3n) is 4.60. The molecule has 1 heterocycles. The van der Waals surface area contributed by atoms with Gasteiger partial charge in [-0.3, -0.25) is 9.98 Å². The molecule has 1 aromatic heterocycles. The molecular weight excluding hydrogens is 324 g/mol. The van der Waals surface area contributed by atoms with E-state index < -0.39 is 0 Å². The van der Waals surface area contributed by atoms with Crippen molar-refractivity contribution in [1.29, 1.82) is 0 Å². The molecule has 1 unspecified atom stereocenters. The number of aliphatic imine (C=N–C) groups is 1. The Morgan fingerprint density at radius 2 is 1.88 bits per heavy atom. The van der Waals surface area contributed by atoms with Crippen LogP contribution >= 0.6 is 0 Å². The van der Waals surface area contributed by atoms with Crippen LogP contribution in [0.3, 0.4) is 0 Å². The maximum atomic E-state index is 5.21. The van der Waals surface area contributed by atoms with Crippen molar-refractivity contribution < 1.29 is 4.74 Å². The molecule has 5 heteroatoms. The van der Waals surface area contributed by atoms with Gasteiger partial charge in [0.05, 0.1) is 7.11 Å². The minimum absolute atomic E-state index is 0.478. The van der Waals surface area contributed by atoms with Gasteiger partial charge in [-0.15, -0.1) is 0 Å². The summed E-state index contributed by atoms with van der Waals surface area (Å²) in [4.78, 5) is 8.43. The van der Waals surface area contributed by atoms with Crippen LogP contribution in [0.5, 0.6) is 5.75 Å². The van der Waals surface area contributed by atoms with E-state index in [1.807, 2.05) is 24.5 Å². The fourth-order valence-electron chi connectivity index (χ4n) is 2.83. The van der Waals surface area contributed by atoms with Crippen LogP contribution in [0.25, 0.3) is 0 Å². The van der Waals surface area contributed by atoms with Gasteiger partial charge < -0.3 is 15.4 Å². The predicted molar refractivity (Wildman–Crippen MR) is 108 cm³/mol. The highest BCUT2D eigenvalue weighted by molar-refractivity contribution is 5.79. The topological polar surface area (TPSA) is 58.5 Å². The number of ether oxygens (including phenoxy) is 1. The average molecular weight is 354 g/mol. The molecular formula is C21H30N4O. The molecule has 0 aliphatic heterocycles. The number of hydrogen-bond acceptors (Lipinski definition) is 3. The van der Waals surface area contributed by atoms with E-state index in [1.165, 1.54) is 16.7 Å². The Morgan fingerprint density at radius 3 is 2.54 bits per heavy atom. The lowest BCUT2D eigenvalue weighted by atomic mass is 9.98. The largest absolute Gasteiger partial charge is 0.497 e. The number of nitrogens with zero attached hydrogens (tertiary/aromatic N) is 2. The molecule has 1 atom stereocenters. The number of hydrogen-bond donors (Lipinski definition) is 2. The van der Waals surface area contributed by atoms with E-state index in [2.05, 4.69) is 52.7 Å². The third kappa shape index (κ3) is 6.06. The van der Waals surface area contributed by atoms with Crippen molar-refractivity contribution in [3.8, 4) is 5.75 Å². The van der Waals surface area contributed by atoms with Crippen molar-refractivity contribution in [2.45, 2.75) is 32.6 Å². The van der Waals surface area contributed by atoms with Crippen LogP contribution in [0.4, 0.5) is 0 Å². The average Bonchev–Trinajstić information content (AvgIpc) is 2.68. The summed E-state index contributed by atoms with van der Waals surface area (Å²) in [5, 5.41) is 6.77. The van der Waals surface area contributed by atoms with Gasteiger partial charge in [0.1, 0.15) is 5.75 Å². The van der Waals surface area contributed by atoms with E-state index in [1.54, 1.807) is 14.2 Å². The molecule has 2 aromatic rings. The second-order valence-electron chi connectivity index (χ2n) is 6.44. The maximum absolute atomic E-state index is 5.21. The second kappa shape index (κ2) is 10.4. The van der Waals surface area contributed by atoms with Crippen LogP contribution in [-0.2, 0) is 6.42 Å². The van der Waals surface area contributed by atoms with E-state index in [9.17, 15) is 0 Å². The van der Waals surface area contributed by atoms with E-state index in [0.717, 1.165) is 37.6 Å². The van der Waals surface area contributed by atoms with Gasteiger partial charge in [-0.2, -0.15) is 0 Å². The second-order valence-corrected chi connectivity index (χ2v) is 6.44. The van der Waals surface area contributed by atoms with Crippen molar-refractivity contribution in [2.75, 3.05) is 27.2 Å². The summed E-state index contributed by atoms with van der Waals surface area (Å²) in [6, 6.07) is 10.4. The number of aryl methyl sites for hydroxylation is 1. The minimum Gasteiger partial charge on any atom is -0.497 e. The smallest absolute Gasteiger partial charge is 0.190 e. The lowest BCUT2D eigenvalue weighted by molar-refractivity contribution is 0.414. The first kappa shape index (κ1) is 19.8. The highest BCUT2D eigenvalue weighted by Crippen LogP contribution is 2.21. The monoisotopic (exact) mass is 354 g/mol. The SMILES string of the molecule is CN=C(NCCc1ccncc1C)NCCC(C)c1ccc(OC)cc1. The van der Waals surface area contributed by atoms with Gasteiger partial charge in [0, 0.05) is 32.5 Å². The third-order valence-corrected chi connectivity index (χ3v) is 4.60. The van der Waals surface area contributed by atoms with Gasteiger partial charge >= 0.3 is 0 Å². The summed E-state index contributed by atoms with van der Waals surface area (Å²) in [6.07, 6.45) is 5.74. The summed E-state index contributed by atoms with van der Waals surface area (Å²) in [6.45, 7) is 6.06. The van der Waals surface area contributed by atoms with Crippen molar-refractivity contribution in [2.24, 2.45) is 4.99 Å². The Hall–Kier alpha value is -2.56. The Bertz CT molecular complexity index is 697. The quantitative estimate of drug-likeness (QED) is 0.564. The normalized spacial score (nSPS) is 12.5. The first-order valence-electron chi connectivity index (χ1n) is 9.12. The number of pyridine rings is 1. The molecule has 5 nitrogen and oxygen atoms in total. The number of rotatable bonds is 8. The van der Waals surface area contributed by atoms with Gasteiger partial charge in [-0.1, -0.05) is 19.1 Å². The predicted octanol–water partition coefficient (Wildman–Crippen LogP) is 3.30.